The first kappa shape index (κ1) is 12.4. The van der Waals surface area contributed by atoms with Crippen LogP contribution in [-0.2, 0) is 0 Å². The lowest BCUT2D eigenvalue weighted by atomic mass is 10.1. The van der Waals surface area contributed by atoms with Crippen LogP contribution in [0.3, 0.4) is 0 Å². The van der Waals surface area contributed by atoms with Gasteiger partial charge in [0.25, 0.3) is 0 Å². The first-order valence-corrected chi connectivity index (χ1v) is 5.85. The van der Waals surface area contributed by atoms with Crippen molar-refractivity contribution in [2.24, 2.45) is 0 Å². The summed E-state index contributed by atoms with van der Waals surface area (Å²) in [6.45, 7) is 5.84. The summed E-state index contributed by atoms with van der Waals surface area (Å²) in [7, 11) is 0. The molecule has 0 aliphatic carbocycles. The van der Waals surface area contributed by atoms with Gasteiger partial charge in [-0.1, -0.05) is 17.7 Å². The van der Waals surface area contributed by atoms with Crippen molar-refractivity contribution < 1.29 is 8.81 Å². The zero-order valence-corrected chi connectivity index (χ0v) is 10.3. The molecule has 3 heteroatoms. The van der Waals surface area contributed by atoms with Gasteiger partial charge in [-0.25, -0.2) is 4.39 Å². The molecule has 0 radical (unpaired) electrons. The predicted octanol–water partition coefficient (Wildman–Crippen LogP) is 4.54. The fraction of sp³-hybridized carbons (Fsp3) is 0.200. The number of benzene rings is 1. The van der Waals surface area contributed by atoms with Crippen LogP contribution < -0.4 is 5.32 Å². The molecular formula is C15H16FNO. The Balaban J connectivity index is 2.20. The first-order chi connectivity index (χ1) is 8.66. The standard InChI is InChI=1S/C15H16FNO/c1-11(2)10-14(15-8-5-9-18-15)17-13-7-4-3-6-12(13)16/h3-9,14,17H,1,10H2,2H3. The molecule has 94 valence electrons. The molecule has 1 aromatic heterocycles. The van der Waals surface area contributed by atoms with E-state index in [1.165, 1.54) is 6.07 Å². The van der Waals surface area contributed by atoms with Gasteiger partial charge in [-0.3, -0.25) is 0 Å². The van der Waals surface area contributed by atoms with Crippen LogP contribution in [0.1, 0.15) is 25.1 Å². The number of furan rings is 1. The molecule has 1 atom stereocenters. The second kappa shape index (κ2) is 5.54. The van der Waals surface area contributed by atoms with Crippen LogP contribution in [0.2, 0.25) is 0 Å². The minimum atomic E-state index is -0.268. The summed E-state index contributed by atoms with van der Waals surface area (Å²) < 4.78 is 19.0. The molecular weight excluding hydrogens is 229 g/mol. The van der Waals surface area contributed by atoms with E-state index in [9.17, 15) is 4.39 Å². The van der Waals surface area contributed by atoms with Gasteiger partial charge in [0.15, 0.2) is 0 Å². The van der Waals surface area contributed by atoms with Crippen LogP contribution in [0.15, 0.2) is 59.2 Å². The summed E-state index contributed by atoms with van der Waals surface area (Å²) in [4.78, 5) is 0. The highest BCUT2D eigenvalue weighted by molar-refractivity contribution is 5.46. The predicted molar refractivity (Wildman–Crippen MR) is 70.9 cm³/mol. The van der Waals surface area contributed by atoms with Crippen molar-refractivity contribution in [3.05, 3.63) is 66.4 Å². The van der Waals surface area contributed by atoms with Gasteiger partial charge in [-0.15, -0.1) is 6.58 Å². The molecule has 0 amide bonds. The maximum atomic E-state index is 13.6. The topological polar surface area (TPSA) is 25.2 Å². The summed E-state index contributed by atoms with van der Waals surface area (Å²) in [6.07, 6.45) is 2.31. The van der Waals surface area contributed by atoms with Crippen molar-refractivity contribution in [3.63, 3.8) is 0 Å². The van der Waals surface area contributed by atoms with Crippen LogP contribution in [0.5, 0.6) is 0 Å². The van der Waals surface area contributed by atoms with E-state index >= 15 is 0 Å². The Labute approximate surface area is 106 Å². The molecule has 0 aliphatic rings. The van der Waals surface area contributed by atoms with E-state index in [4.69, 9.17) is 4.42 Å². The second-order valence-corrected chi connectivity index (χ2v) is 4.35. The third-order valence-corrected chi connectivity index (χ3v) is 2.64. The molecule has 0 spiro atoms. The van der Waals surface area contributed by atoms with Gasteiger partial charge in [-0.05, 0) is 37.6 Å². The van der Waals surface area contributed by atoms with Crippen LogP contribution >= 0.6 is 0 Å². The average molecular weight is 245 g/mol. The highest BCUT2D eigenvalue weighted by atomic mass is 19.1. The van der Waals surface area contributed by atoms with Gasteiger partial charge in [0.1, 0.15) is 11.6 Å². The summed E-state index contributed by atoms with van der Waals surface area (Å²) in [5, 5.41) is 3.15. The van der Waals surface area contributed by atoms with Gasteiger partial charge >= 0.3 is 0 Å². The zero-order chi connectivity index (χ0) is 13.0. The molecule has 0 bridgehead atoms. The van der Waals surface area contributed by atoms with Crippen molar-refractivity contribution in [1.82, 2.24) is 0 Å². The minimum Gasteiger partial charge on any atom is -0.467 e. The number of para-hydroxylation sites is 1. The molecule has 1 heterocycles. The second-order valence-electron chi connectivity index (χ2n) is 4.35. The van der Waals surface area contributed by atoms with E-state index in [0.717, 1.165) is 11.3 Å². The quantitative estimate of drug-likeness (QED) is 0.782. The van der Waals surface area contributed by atoms with Crippen molar-refractivity contribution in [2.45, 2.75) is 19.4 Å². The molecule has 1 unspecified atom stereocenters. The van der Waals surface area contributed by atoms with Crippen molar-refractivity contribution in [1.29, 1.82) is 0 Å². The average Bonchev–Trinajstić information content (AvgIpc) is 2.84. The molecule has 0 fully saturated rings. The Bertz CT molecular complexity index is 519. The highest BCUT2D eigenvalue weighted by Crippen LogP contribution is 2.26. The zero-order valence-electron chi connectivity index (χ0n) is 10.3. The van der Waals surface area contributed by atoms with E-state index in [0.29, 0.717) is 12.1 Å². The van der Waals surface area contributed by atoms with Gasteiger partial charge in [0.05, 0.1) is 18.0 Å². The molecule has 2 rings (SSSR count). The third kappa shape index (κ3) is 3.00. The Kier molecular flexibility index (Phi) is 3.82. The fourth-order valence-corrected chi connectivity index (χ4v) is 1.83. The Hall–Kier alpha value is -2.03. The number of hydrogen-bond donors (Lipinski definition) is 1. The summed E-state index contributed by atoms with van der Waals surface area (Å²) in [6, 6.07) is 10.2. The lowest BCUT2D eigenvalue weighted by Gasteiger charge is -2.18. The first-order valence-electron chi connectivity index (χ1n) is 5.85. The van der Waals surface area contributed by atoms with E-state index < -0.39 is 0 Å². The minimum absolute atomic E-state index is 0.102. The summed E-state index contributed by atoms with van der Waals surface area (Å²) >= 11 is 0. The SMILES string of the molecule is C=C(C)CC(Nc1ccccc1F)c1ccco1. The van der Waals surface area contributed by atoms with Gasteiger partial charge in [0, 0.05) is 0 Å². The van der Waals surface area contributed by atoms with Gasteiger partial charge < -0.3 is 9.73 Å². The van der Waals surface area contributed by atoms with E-state index in [1.807, 2.05) is 19.1 Å². The molecule has 0 aliphatic heterocycles. The third-order valence-electron chi connectivity index (χ3n) is 2.64. The Morgan fingerprint density at radius 1 is 1.33 bits per heavy atom. The lowest BCUT2D eigenvalue weighted by molar-refractivity contribution is 0.476. The van der Waals surface area contributed by atoms with Crippen LogP contribution in [0.4, 0.5) is 10.1 Å². The highest BCUT2D eigenvalue weighted by Gasteiger charge is 2.15. The molecule has 1 N–H and O–H groups in total. The van der Waals surface area contributed by atoms with Gasteiger partial charge in [0.2, 0.25) is 0 Å². The maximum Gasteiger partial charge on any atom is 0.146 e. The molecule has 0 saturated carbocycles. The number of hydrogen-bond acceptors (Lipinski definition) is 2. The number of rotatable bonds is 5. The van der Waals surface area contributed by atoms with Crippen LogP contribution in [0.25, 0.3) is 0 Å². The molecule has 0 saturated heterocycles. The normalized spacial score (nSPS) is 12.1. The van der Waals surface area contributed by atoms with E-state index in [2.05, 4.69) is 11.9 Å². The molecule has 2 nitrogen and oxygen atoms in total. The summed E-state index contributed by atoms with van der Waals surface area (Å²) in [5.74, 6) is 0.511. The van der Waals surface area contributed by atoms with Crippen LogP contribution in [-0.4, -0.2) is 0 Å². The Morgan fingerprint density at radius 3 is 2.72 bits per heavy atom. The van der Waals surface area contributed by atoms with Crippen molar-refractivity contribution in [2.75, 3.05) is 5.32 Å². The maximum absolute atomic E-state index is 13.6. The lowest BCUT2D eigenvalue weighted by Crippen LogP contribution is -2.11. The van der Waals surface area contributed by atoms with Gasteiger partial charge in [-0.2, -0.15) is 0 Å². The van der Waals surface area contributed by atoms with Crippen molar-refractivity contribution in [3.8, 4) is 0 Å². The van der Waals surface area contributed by atoms with Crippen LogP contribution in [0, 0.1) is 5.82 Å². The number of halogens is 1. The monoisotopic (exact) mass is 245 g/mol. The number of nitrogens with one attached hydrogen (secondary N) is 1. The molecule has 1 aromatic carbocycles. The Morgan fingerprint density at radius 2 is 2.11 bits per heavy atom. The molecule has 18 heavy (non-hydrogen) atoms. The van der Waals surface area contributed by atoms with E-state index in [1.54, 1.807) is 24.5 Å². The number of anilines is 1. The summed E-state index contributed by atoms with van der Waals surface area (Å²) in [5.41, 5.74) is 1.49. The fourth-order valence-electron chi connectivity index (χ4n) is 1.83. The largest absolute Gasteiger partial charge is 0.467 e. The smallest absolute Gasteiger partial charge is 0.146 e. The van der Waals surface area contributed by atoms with Crippen molar-refractivity contribution >= 4 is 5.69 Å². The molecule has 2 aromatic rings. The van der Waals surface area contributed by atoms with E-state index in [-0.39, 0.29) is 11.9 Å².